The number of nitrogens with zero attached hydrogens (tertiary/aromatic N) is 4. The van der Waals surface area contributed by atoms with Crippen LogP contribution in [0.4, 0.5) is 21.6 Å². The van der Waals surface area contributed by atoms with E-state index in [-0.39, 0.29) is 18.2 Å². The lowest BCUT2D eigenvalue weighted by molar-refractivity contribution is 0.274. The lowest BCUT2D eigenvalue weighted by Crippen LogP contribution is -2.44. The fraction of sp³-hybridized carbons (Fsp3) is 0.308. The second kappa shape index (κ2) is 9.40. The van der Waals surface area contributed by atoms with Crippen LogP contribution in [0.5, 0.6) is 11.6 Å². The molecular formula is C26H28FN5O2. The average Bonchev–Trinajstić information content (AvgIpc) is 3.23. The molecule has 0 atom stereocenters. The molecule has 1 fully saturated rings. The summed E-state index contributed by atoms with van der Waals surface area (Å²) < 4.78 is 20.8. The van der Waals surface area contributed by atoms with Crippen LogP contribution in [0.15, 0.2) is 48.3 Å². The normalized spacial score (nSPS) is 15.8. The van der Waals surface area contributed by atoms with Crippen LogP contribution in [0.1, 0.15) is 23.6 Å². The molecule has 2 heterocycles. The molecule has 34 heavy (non-hydrogen) atoms. The Hall–Kier alpha value is -3.49. The molecule has 2 N–H and O–H groups in total. The van der Waals surface area contributed by atoms with E-state index in [0.717, 1.165) is 49.4 Å². The van der Waals surface area contributed by atoms with Gasteiger partial charge in [0.05, 0.1) is 12.2 Å². The van der Waals surface area contributed by atoms with Crippen molar-refractivity contribution in [1.82, 2.24) is 14.9 Å². The van der Waals surface area contributed by atoms with Gasteiger partial charge in [0, 0.05) is 43.1 Å². The van der Waals surface area contributed by atoms with Crippen LogP contribution < -0.4 is 15.0 Å². The van der Waals surface area contributed by atoms with Crippen molar-refractivity contribution in [2.24, 2.45) is 0 Å². The largest absolute Gasteiger partial charge is 0.435 e. The minimum absolute atomic E-state index is 0.0700. The molecule has 0 spiro atoms. The van der Waals surface area contributed by atoms with E-state index in [4.69, 9.17) is 4.74 Å². The highest BCUT2D eigenvalue weighted by atomic mass is 19.1. The summed E-state index contributed by atoms with van der Waals surface area (Å²) in [5.74, 6) is 0.176. The molecule has 0 unspecified atom stereocenters. The third kappa shape index (κ3) is 4.47. The van der Waals surface area contributed by atoms with Crippen LogP contribution in [-0.2, 0) is 13.0 Å². The molecule has 176 valence electrons. The number of allylic oxidation sites excluding steroid dienone is 1. The number of likely N-dealkylation sites (N-methyl/N-ethyl adjacent to an activating group) is 1. The number of hydrogen-bond acceptors (Lipinski definition) is 7. The first kappa shape index (κ1) is 22.3. The van der Waals surface area contributed by atoms with Gasteiger partial charge in [-0.3, -0.25) is 0 Å². The Kier molecular flexibility index (Phi) is 6.17. The maximum atomic E-state index is 15.0. The summed E-state index contributed by atoms with van der Waals surface area (Å²) >= 11 is 0. The van der Waals surface area contributed by atoms with Crippen molar-refractivity contribution in [2.75, 3.05) is 43.4 Å². The maximum absolute atomic E-state index is 15.0. The van der Waals surface area contributed by atoms with Gasteiger partial charge in [-0.05, 0) is 56.3 Å². The number of halogens is 1. The van der Waals surface area contributed by atoms with Crippen LogP contribution in [0.2, 0.25) is 0 Å². The molecule has 0 bridgehead atoms. The molecule has 2 aromatic carbocycles. The Balaban J connectivity index is 1.35. The number of piperazine rings is 1. The summed E-state index contributed by atoms with van der Waals surface area (Å²) in [7, 11) is 2.14. The number of nitrogens with one attached hydrogen (secondary N) is 1. The number of ether oxygens (including phenoxy) is 1. The fourth-order valence-corrected chi connectivity index (χ4v) is 4.40. The molecule has 2 aliphatic rings. The van der Waals surface area contributed by atoms with Gasteiger partial charge in [0.15, 0.2) is 11.6 Å². The summed E-state index contributed by atoms with van der Waals surface area (Å²) in [6.45, 7) is 5.71. The quantitative estimate of drug-likeness (QED) is 0.565. The molecular weight excluding hydrogens is 433 g/mol. The highest BCUT2D eigenvalue weighted by Gasteiger charge is 2.21. The number of fused-ring (bicyclic) bond motifs is 1. The van der Waals surface area contributed by atoms with E-state index in [1.807, 2.05) is 31.2 Å². The van der Waals surface area contributed by atoms with Crippen LogP contribution in [0, 0.1) is 5.82 Å². The van der Waals surface area contributed by atoms with Crippen LogP contribution in [-0.4, -0.2) is 53.2 Å². The Morgan fingerprint density at radius 3 is 2.56 bits per heavy atom. The van der Waals surface area contributed by atoms with E-state index in [0.29, 0.717) is 16.9 Å². The van der Waals surface area contributed by atoms with Gasteiger partial charge in [0.2, 0.25) is 5.88 Å². The standard InChI is InChI=1S/C26H28FN5O2/c1-17-13-18-3-8-23(24(27)21(18)14-17)34-26-22(15-33)25(28-16-29-26)30-19-4-6-20(7-5-19)32-11-9-31(2)10-12-32/h3-8,14,16,33H,9-13,15H2,1-2H3,(H,28,29,30). The summed E-state index contributed by atoms with van der Waals surface area (Å²) in [6.07, 6.45) is 3.91. The molecule has 8 heteroatoms. The van der Waals surface area contributed by atoms with Gasteiger partial charge >= 0.3 is 0 Å². The summed E-state index contributed by atoms with van der Waals surface area (Å²) in [5, 5.41) is 13.3. The molecule has 1 aliphatic carbocycles. The number of benzene rings is 2. The monoisotopic (exact) mass is 461 g/mol. The number of rotatable bonds is 6. The number of aliphatic hydroxyl groups excluding tert-OH is 1. The molecule has 1 aromatic heterocycles. The van der Waals surface area contributed by atoms with Crippen molar-refractivity contribution in [3.05, 3.63) is 70.8 Å². The molecule has 7 nitrogen and oxygen atoms in total. The highest BCUT2D eigenvalue weighted by molar-refractivity contribution is 5.67. The van der Waals surface area contributed by atoms with E-state index < -0.39 is 5.82 Å². The molecule has 0 amide bonds. The Morgan fingerprint density at radius 1 is 1.06 bits per heavy atom. The van der Waals surface area contributed by atoms with Gasteiger partial charge in [-0.15, -0.1) is 0 Å². The van der Waals surface area contributed by atoms with E-state index >= 15 is 4.39 Å². The van der Waals surface area contributed by atoms with Crippen molar-refractivity contribution >= 4 is 23.3 Å². The first-order chi connectivity index (χ1) is 16.5. The second-order valence-electron chi connectivity index (χ2n) is 8.85. The lowest BCUT2D eigenvalue weighted by Gasteiger charge is -2.34. The van der Waals surface area contributed by atoms with Crippen molar-refractivity contribution in [3.63, 3.8) is 0 Å². The average molecular weight is 462 g/mol. The van der Waals surface area contributed by atoms with Gasteiger partial charge in [-0.2, -0.15) is 0 Å². The lowest BCUT2D eigenvalue weighted by atomic mass is 10.1. The summed E-state index contributed by atoms with van der Waals surface area (Å²) in [6, 6.07) is 11.6. The minimum atomic E-state index is -0.425. The SMILES string of the molecule is CC1=Cc2c(ccc(Oc3ncnc(Nc4ccc(N5CCN(C)CC5)cc4)c3CO)c2F)C1. The van der Waals surface area contributed by atoms with Crippen molar-refractivity contribution in [2.45, 2.75) is 20.0 Å². The zero-order valence-electron chi connectivity index (χ0n) is 19.4. The zero-order valence-corrected chi connectivity index (χ0v) is 19.4. The number of aliphatic hydroxyl groups is 1. The van der Waals surface area contributed by atoms with E-state index in [9.17, 15) is 5.11 Å². The van der Waals surface area contributed by atoms with Gasteiger partial charge < -0.3 is 25.0 Å². The molecule has 0 saturated carbocycles. The smallest absolute Gasteiger partial charge is 0.230 e. The van der Waals surface area contributed by atoms with Crippen LogP contribution in [0.3, 0.4) is 0 Å². The molecule has 5 rings (SSSR count). The van der Waals surface area contributed by atoms with Crippen molar-refractivity contribution < 1.29 is 14.2 Å². The number of anilines is 3. The van der Waals surface area contributed by atoms with Gasteiger partial charge in [-0.25, -0.2) is 14.4 Å². The predicted octanol–water partition coefficient (Wildman–Crippen LogP) is 4.36. The first-order valence-electron chi connectivity index (χ1n) is 11.4. The van der Waals surface area contributed by atoms with E-state index in [2.05, 4.69) is 44.3 Å². The van der Waals surface area contributed by atoms with Crippen LogP contribution >= 0.6 is 0 Å². The van der Waals surface area contributed by atoms with Gasteiger partial charge in [0.25, 0.3) is 0 Å². The summed E-state index contributed by atoms with van der Waals surface area (Å²) in [5.41, 5.74) is 4.94. The summed E-state index contributed by atoms with van der Waals surface area (Å²) in [4.78, 5) is 13.1. The topological polar surface area (TPSA) is 73.8 Å². The maximum Gasteiger partial charge on any atom is 0.230 e. The Morgan fingerprint density at radius 2 is 1.82 bits per heavy atom. The Labute approximate surface area is 198 Å². The van der Waals surface area contributed by atoms with Crippen molar-refractivity contribution in [1.29, 1.82) is 0 Å². The minimum Gasteiger partial charge on any atom is -0.435 e. The third-order valence-corrected chi connectivity index (χ3v) is 6.36. The first-order valence-corrected chi connectivity index (χ1v) is 11.4. The van der Waals surface area contributed by atoms with Gasteiger partial charge in [0.1, 0.15) is 12.1 Å². The fourth-order valence-electron chi connectivity index (χ4n) is 4.40. The molecule has 3 aromatic rings. The van der Waals surface area contributed by atoms with E-state index in [1.54, 1.807) is 6.07 Å². The third-order valence-electron chi connectivity index (χ3n) is 6.36. The van der Waals surface area contributed by atoms with Crippen LogP contribution in [0.25, 0.3) is 6.08 Å². The molecule has 0 radical (unpaired) electrons. The number of aromatic nitrogens is 2. The van der Waals surface area contributed by atoms with E-state index in [1.165, 1.54) is 12.0 Å². The second-order valence-corrected chi connectivity index (χ2v) is 8.85. The molecule has 1 aliphatic heterocycles. The Bertz CT molecular complexity index is 1220. The van der Waals surface area contributed by atoms with Gasteiger partial charge in [-0.1, -0.05) is 17.7 Å². The number of hydrogen-bond donors (Lipinski definition) is 2. The van der Waals surface area contributed by atoms with Crippen molar-refractivity contribution in [3.8, 4) is 11.6 Å². The highest BCUT2D eigenvalue weighted by Crippen LogP contribution is 2.35. The molecule has 1 saturated heterocycles. The predicted molar refractivity (Wildman–Crippen MR) is 131 cm³/mol. The zero-order chi connectivity index (χ0) is 23.7.